The standard InChI is InChI=1S/C63H102O29/c1-25-48(89-51-42(74)36(68)28(66)22-81-51)40(72)45(77)54(84-25)88-35-12-13-60(6)33(59(35,4)5)11-14-62(8)34(60)10-9-26-27-19-58(2,3)15-17-63(27,18-16-61(26,62)7)57(80)92-56-46(78)41(73)49(31(21-65)86-56)90-53-47(79)50(91-52-43(75)37(69)29(67)23-82-52)32(24-83-53)87-55-44(76)39(71)38(70)30(20-64)85-55/h9,25,27-56,64-79H,10-24H2,1-8H3. The van der Waals surface area contributed by atoms with Gasteiger partial charge in [0.1, 0.15) is 122 Å². The highest BCUT2D eigenvalue weighted by Gasteiger charge is 2.70. The number of aliphatic hydroxyl groups is 16. The predicted molar refractivity (Wildman–Crippen MR) is 309 cm³/mol. The summed E-state index contributed by atoms with van der Waals surface area (Å²) in [5.41, 5.74) is -1.22. The minimum absolute atomic E-state index is 0.169. The van der Waals surface area contributed by atoms with Gasteiger partial charge in [0.15, 0.2) is 31.5 Å². The summed E-state index contributed by atoms with van der Waals surface area (Å²) in [7, 11) is 0. The van der Waals surface area contributed by atoms with Crippen LogP contribution in [-0.2, 0) is 61.6 Å². The van der Waals surface area contributed by atoms with Gasteiger partial charge < -0.3 is 139 Å². The lowest BCUT2D eigenvalue weighted by Gasteiger charge is -2.71. The number of rotatable bonds is 14. The van der Waals surface area contributed by atoms with Crippen LogP contribution in [0.3, 0.4) is 0 Å². The zero-order valence-corrected chi connectivity index (χ0v) is 53.5. The maximum Gasteiger partial charge on any atom is 0.315 e. The lowest BCUT2D eigenvalue weighted by molar-refractivity contribution is -0.381. The third kappa shape index (κ3) is 12.2. The number of fused-ring (bicyclic) bond motifs is 7. The summed E-state index contributed by atoms with van der Waals surface area (Å²) in [5.74, 6) is -0.504. The first-order chi connectivity index (χ1) is 43.2. The Bertz CT molecular complexity index is 2580. The van der Waals surface area contributed by atoms with E-state index in [1.165, 1.54) is 5.57 Å². The van der Waals surface area contributed by atoms with E-state index in [0.717, 1.165) is 25.7 Å². The molecule has 10 fully saturated rings. The summed E-state index contributed by atoms with van der Waals surface area (Å²) in [6.07, 6.45) is -34.8. The molecule has 0 bridgehead atoms. The average Bonchev–Trinajstić information content (AvgIpc) is 0.676. The summed E-state index contributed by atoms with van der Waals surface area (Å²) >= 11 is 0. The first-order valence-electron chi connectivity index (χ1n) is 32.9. The van der Waals surface area contributed by atoms with Gasteiger partial charge in [-0.2, -0.15) is 0 Å². The van der Waals surface area contributed by atoms with Crippen LogP contribution in [0.5, 0.6) is 0 Å². The van der Waals surface area contributed by atoms with Crippen molar-refractivity contribution in [2.75, 3.05) is 33.0 Å². The number of hydrogen-bond acceptors (Lipinski definition) is 29. The Morgan fingerprint density at radius 2 is 1.03 bits per heavy atom. The average molecular weight is 1320 g/mol. The molecule has 29 heteroatoms. The van der Waals surface area contributed by atoms with Crippen LogP contribution in [-0.4, -0.2) is 293 Å². The third-order valence-corrected chi connectivity index (χ3v) is 24.4. The van der Waals surface area contributed by atoms with Crippen LogP contribution < -0.4 is 0 Å². The van der Waals surface area contributed by atoms with Crippen molar-refractivity contribution in [1.82, 2.24) is 0 Å². The van der Waals surface area contributed by atoms with Gasteiger partial charge in [-0.05, 0) is 116 Å². The maximum atomic E-state index is 15.4. The van der Waals surface area contributed by atoms with Crippen molar-refractivity contribution in [1.29, 1.82) is 0 Å². The molecule has 4 saturated carbocycles. The Balaban J connectivity index is 0.767. The maximum absolute atomic E-state index is 15.4. The molecule has 0 aromatic carbocycles. The van der Waals surface area contributed by atoms with Crippen molar-refractivity contribution < 1.29 is 143 Å². The number of carbonyl (C=O) groups excluding carboxylic acids is 1. The second kappa shape index (κ2) is 26.7. The molecule has 35 unspecified atom stereocenters. The molecule has 6 aliphatic heterocycles. The van der Waals surface area contributed by atoms with E-state index in [4.69, 9.17) is 56.8 Å². The van der Waals surface area contributed by atoms with Gasteiger partial charge in [0.05, 0.1) is 50.7 Å². The van der Waals surface area contributed by atoms with Crippen molar-refractivity contribution in [2.45, 2.75) is 292 Å². The van der Waals surface area contributed by atoms with Crippen molar-refractivity contribution in [2.24, 2.45) is 50.2 Å². The molecular formula is C63H102O29. The molecule has 0 spiro atoms. The molecule has 5 aliphatic carbocycles. The molecule has 0 aromatic heterocycles. The first kappa shape index (κ1) is 71.4. The number of esters is 1. The Kier molecular flexibility index (Phi) is 20.7. The van der Waals surface area contributed by atoms with Crippen LogP contribution in [0.2, 0.25) is 0 Å². The van der Waals surface area contributed by atoms with Gasteiger partial charge in [-0.25, -0.2) is 0 Å². The quantitative estimate of drug-likeness (QED) is 0.0457. The molecule has 6 saturated heterocycles. The normalized spacial score (nSPS) is 54.3. The van der Waals surface area contributed by atoms with Gasteiger partial charge >= 0.3 is 5.97 Å². The lowest BCUT2D eigenvalue weighted by atomic mass is 9.33. The van der Waals surface area contributed by atoms with Crippen molar-refractivity contribution in [3.63, 3.8) is 0 Å². The van der Waals surface area contributed by atoms with Crippen LogP contribution in [0.15, 0.2) is 11.6 Å². The SMILES string of the molecule is CC1OC(OC2CCC3(C)C(CCC4(C)C3CC=C3C5CC(C)(C)CCC5(C(=O)OC5OC(CO)C(OC6OCC(OC7OC(CO)C(O)C(O)C7O)C(OC7OCC(O)C(O)C7O)C6O)C(O)C5O)CCC34C)C2(C)C)C(O)C(O)C1OC1OCC(O)C(O)C1O. The fourth-order valence-electron chi connectivity index (χ4n) is 18.6. The number of allylic oxidation sites excluding steroid dienone is 2. The van der Waals surface area contributed by atoms with Crippen molar-refractivity contribution >= 4 is 5.97 Å². The highest BCUT2D eigenvalue weighted by atomic mass is 16.8. The van der Waals surface area contributed by atoms with Gasteiger partial charge in [-0.3, -0.25) is 4.79 Å². The first-order valence-corrected chi connectivity index (χ1v) is 32.9. The van der Waals surface area contributed by atoms with Crippen LogP contribution in [0.25, 0.3) is 0 Å². The number of carbonyl (C=O) groups is 1. The zero-order valence-electron chi connectivity index (χ0n) is 53.5. The van der Waals surface area contributed by atoms with E-state index in [2.05, 4.69) is 54.5 Å². The highest BCUT2D eigenvalue weighted by Crippen LogP contribution is 2.76. The topological polar surface area (TPSA) is 452 Å². The van der Waals surface area contributed by atoms with Crippen molar-refractivity contribution in [3.8, 4) is 0 Å². The Morgan fingerprint density at radius 3 is 1.67 bits per heavy atom. The molecule has 0 amide bonds. The Morgan fingerprint density at radius 1 is 0.500 bits per heavy atom. The summed E-state index contributed by atoms with van der Waals surface area (Å²) in [4.78, 5) is 15.4. The largest absolute Gasteiger partial charge is 0.432 e. The van der Waals surface area contributed by atoms with Crippen LogP contribution in [0.4, 0.5) is 0 Å². The number of ether oxygens (including phenoxy) is 12. The molecule has 6 heterocycles. The van der Waals surface area contributed by atoms with Gasteiger partial charge in [0.25, 0.3) is 0 Å². The van der Waals surface area contributed by atoms with Crippen LogP contribution >= 0.6 is 0 Å². The predicted octanol–water partition coefficient (Wildman–Crippen LogP) is -3.44. The molecule has 92 heavy (non-hydrogen) atoms. The number of hydrogen-bond donors (Lipinski definition) is 16. The van der Waals surface area contributed by atoms with Gasteiger partial charge in [0.2, 0.25) is 6.29 Å². The molecule has 11 rings (SSSR count). The highest BCUT2D eigenvalue weighted by molar-refractivity contribution is 5.79. The molecule has 0 radical (unpaired) electrons. The van der Waals surface area contributed by atoms with Gasteiger partial charge in [-0.15, -0.1) is 0 Å². The molecule has 29 nitrogen and oxygen atoms in total. The smallest absolute Gasteiger partial charge is 0.315 e. The molecule has 11 aliphatic rings. The van der Waals surface area contributed by atoms with Crippen LogP contribution in [0.1, 0.15) is 120 Å². The lowest BCUT2D eigenvalue weighted by Crippen LogP contribution is -2.67. The summed E-state index contributed by atoms with van der Waals surface area (Å²) in [5, 5.41) is 173. The summed E-state index contributed by atoms with van der Waals surface area (Å²) < 4.78 is 71.3. The monoisotopic (exact) mass is 1320 g/mol. The second-order valence-electron chi connectivity index (χ2n) is 30.5. The fourth-order valence-corrected chi connectivity index (χ4v) is 18.6. The summed E-state index contributed by atoms with van der Waals surface area (Å²) in [6, 6.07) is 0. The Hall–Kier alpha value is -1.87. The van der Waals surface area contributed by atoms with Crippen molar-refractivity contribution in [3.05, 3.63) is 11.6 Å². The van der Waals surface area contributed by atoms with E-state index in [0.29, 0.717) is 38.5 Å². The molecular weight excluding hydrogens is 1220 g/mol. The Labute approximate surface area is 534 Å². The minimum Gasteiger partial charge on any atom is -0.432 e. The minimum atomic E-state index is -2.00. The zero-order chi connectivity index (χ0) is 66.9. The molecule has 528 valence electrons. The second-order valence-corrected chi connectivity index (χ2v) is 30.5. The van der Waals surface area contributed by atoms with E-state index in [1.807, 2.05) is 0 Å². The fraction of sp³-hybridized carbons (Fsp3) is 0.952. The van der Waals surface area contributed by atoms with Crippen LogP contribution in [0, 0.1) is 50.2 Å². The third-order valence-electron chi connectivity index (χ3n) is 24.4. The van der Waals surface area contributed by atoms with E-state index < -0.39 is 209 Å². The van der Waals surface area contributed by atoms with E-state index in [1.54, 1.807) is 6.92 Å². The summed E-state index contributed by atoms with van der Waals surface area (Å²) in [6.45, 7) is 14.6. The molecule has 0 aromatic rings. The van der Waals surface area contributed by atoms with Gasteiger partial charge in [-0.1, -0.05) is 60.1 Å². The number of aliphatic hydroxyl groups excluding tert-OH is 16. The molecule has 35 atom stereocenters. The van der Waals surface area contributed by atoms with Gasteiger partial charge in [0, 0.05) is 0 Å². The van der Waals surface area contributed by atoms with E-state index >= 15 is 4.79 Å². The molecule has 16 N–H and O–H groups in total. The van der Waals surface area contributed by atoms with E-state index in [9.17, 15) is 81.7 Å². The van der Waals surface area contributed by atoms with E-state index in [-0.39, 0.29) is 52.1 Å².